The monoisotopic (exact) mass is 514 g/mol. The van der Waals surface area contributed by atoms with Crippen LogP contribution < -0.4 is 4.90 Å². The molecule has 2 amide bonds. The Morgan fingerprint density at radius 1 is 0.966 bits per heavy atom. The summed E-state index contributed by atoms with van der Waals surface area (Å²) < 4.78 is 3.41. The van der Waals surface area contributed by atoms with Gasteiger partial charge in [0.05, 0.1) is 10.6 Å². The molecule has 0 spiro atoms. The molecule has 29 heavy (non-hydrogen) atoms. The van der Waals surface area contributed by atoms with Gasteiger partial charge in [0.15, 0.2) is 0 Å². The summed E-state index contributed by atoms with van der Waals surface area (Å²) in [6, 6.07) is 17.3. The van der Waals surface area contributed by atoms with Crippen molar-refractivity contribution in [2.75, 3.05) is 4.90 Å². The molecule has 2 heterocycles. The summed E-state index contributed by atoms with van der Waals surface area (Å²) in [4.78, 5) is 27.0. The number of aryl methyl sites for hydroxylation is 1. The van der Waals surface area contributed by atoms with E-state index in [1.54, 1.807) is 12.1 Å². The number of rotatable bonds is 3. The van der Waals surface area contributed by atoms with Crippen LogP contribution in [0.25, 0.3) is 11.8 Å². The second-order valence-corrected chi connectivity index (χ2v) is 9.05. The smallest absolute Gasteiger partial charge is 0.298 e. The predicted molar refractivity (Wildman–Crippen MR) is 128 cm³/mol. The van der Waals surface area contributed by atoms with E-state index < -0.39 is 0 Å². The Morgan fingerprint density at radius 3 is 2.41 bits per heavy atom. The summed E-state index contributed by atoms with van der Waals surface area (Å²) in [7, 11) is 0. The van der Waals surface area contributed by atoms with Gasteiger partial charge >= 0.3 is 0 Å². The second-order valence-electron chi connectivity index (χ2n) is 6.90. The first kappa shape index (κ1) is 20.0. The number of carbonyl (C=O) groups is 2. The molecule has 1 aliphatic rings. The summed E-state index contributed by atoms with van der Waals surface area (Å²) >= 11 is 3.33. The lowest BCUT2D eigenvalue weighted by molar-refractivity contribution is -0.113. The van der Waals surface area contributed by atoms with Crippen molar-refractivity contribution in [2.45, 2.75) is 20.8 Å². The number of thioether (sulfide) groups is 1. The number of imide groups is 1. The molecule has 2 aromatic carbocycles. The number of hydrogen-bond donors (Lipinski definition) is 0. The third-order valence-electron chi connectivity index (χ3n) is 5.04. The zero-order valence-corrected chi connectivity index (χ0v) is 19.2. The zero-order chi connectivity index (χ0) is 20.7. The third-order valence-corrected chi connectivity index (χ3v) is 7.08. The standard InChI is InChI=1S/C23H19IN2O2S/c1-14-12-17(16(3)25(14)20-11-7-10-19(24)15(20)2)13-21-22(27)26(23(28)29-21)18-8-5-4-6-9-18/h4-13H,1-3H3. The van der Waals surface area contributed by atoms with Crippen LogP contribution in [0.1, 0.15) is 22.5 Å². The summed E-state index contributed by atoms with van der Waals surface area (Å²) in [6.45, 7) is 6.21. The molecular weight excluding hydrogens is 495 g/mol. The Bertz CT molecular complexity index is 1170. The van der Waals surface area contributed by atoms with E-state index in [9.17, 15) is 9.59 Å². The van der Waals surface area contributed by atoms with Gasteiger partial charge in [-0.25, -0.2) is 4.90 Å². The average molecular weight is 514 g/mol. The second kappa shape index (κ2) is 7.84. The molecule has 1 aliphatic heterocycles. The number of nitrogens with zero attached hydrogens (tertiary/aromatic N) is 2. The molecule has 3 aromatic rings. The molecule has 0 unspecified atom stereocenters. The van der Waals surface area contributed by atoms with Crippen molar-refractivity contribution in [3.05, 3.63) is 85.6 Å². The van der Waals surface area contributed by atoms with Crippen molar-refractivity contribution < 1.29 is 9.59 Å². The van der Waals surface area contributed by atoms with Crippen LogP contribution >= 0.6 is 34.4 Å². The van der Waals surface area contributed by atoms with Crippen LogP contribution in [0.5, 0.6) is 0 Å². The minimum Gasteiger partial charge on any atom is -0.318 e. The molecule has 146 valence electrons. The highest BCUT2D eigenvalue weighted by Crippen LogP contribution is 2.36. The summed E-state index contributed by atoms with van der Waals surface area (Å²) in [5.41, 5.74) is 6.01. The fourth-order valence-electron chi connectivity index (χ4n) is 3.55. The van der Waals surface area contributed by atoms with Crippen molar-refractivity contribution >= 4 is 57.3 Å². The van der Waals surface area contributed by atoms with Crippen molar-refractivity contribution in [2.24, 2.45) is 0 Å². The topological polar surface area (TPSA) is 42.3 Å². The molecule has 0 aliphatic carbocycles. The van der Waals surface area contributed by atoms with Crippen LogP contribution in [-0.2, 0) is 4.79 Å². The summed E-state index contributed by atoms with van der Waals surface area (Å²) in [5.74, 6) is -0.276. The van der Waals surface area contributed by atoms with Crippen LogP contribution in [-0.4, -0.2) is 15.7 Å². The molecule has 4 rings (SSSR count). The molecule has 0 saturated carbocycles. The highest BCUT2D eigenvalue weighted by Gasteiger charge is 2.36. The molecule has 0 radical (unpaired) electrons. The number of hydrogen-bond acceptors (Lipinski definition) is 3. The normalized spacial score (nSPS) is 15.6. The Balaban J connectivity index is 1.74. The van der Waals surface area contributed by atoms with Gasteiger partial charge in [-0.3, -0.25) is 9.59 Å². The van der Waals surface area contributed by atoms with E-state index in [4.69, 9.17) is 0 Å². The summed E-state index contributed by atoms with van der Waals surface area (Å²) in [6.07, 6.45) is 1.83. The van der Waals surface area contributed by atoms with E-state index in [-0.39, 0.29) is 11.1 Å². The van der Waals surface area contributed by atoms with Crippen LogP contribution in [0.15, 0.2) is 59.5 Å². The maximum absolute atomic E-state index is 12.9. The first-order valence-electron chi connectivity index (χ1n) is 9.16. The van der Waals surface area contributed by atoms with Crippen LogP contribution in [0.3, 0.4) is 0 Å². The first-order chi connectivity index (χ1) is 13.9. The third kappa shape index (κ3) is 3.55. The Morgan fingerprint density at radius 2 is 1.69 bits per heavy atom. The molecular formula is C23H19IN2O2S. The van der Waals surface area contributed by atoms with Gasteiger partial charge < -0.3 is 4.57 Å². The maximum atomic E-state index is 12.9. The Labute approximate surface area is 187 Å². The van der Waals surface area contributed by atoms with Crippen LogP contribution in [0, 0.1) is 24.3 Å². The van der Waals surface area contributed by atoms with Gasteiger partial charge in [-0.05, 0) is 103 Å². The molecule has 0 bridgehead atoms. The first-order valence-corrected chi connectivity index (χ1v) is 11.1. The van der Waals surface area contributed by atoms with Gasteiger partial charge in [0.1, 0.15) is 0 Å². The van der Waals surface area contributed by atoms with Crippen molar-refractivity contribution in [1.82, 2.24) is 4.57 Å². The highest BCUT2D eigenvalue weighted by molar-refractivity contribution is 14.1. The zero-order valence-electron chi connectivity index (χ0n) is 16.3. The van der Waals surface area contributed by atoms with E-state index in [2.05, 4.69) is 59.2 Å². The van der Waals surface area contributed by atoms with Crippen LogP contribution in [0.2, 0.25) is 0 Å². The lowest BCUT2D eigenvalue weighted by Crippen LogP contribution is -2.27. The van der Waals surface area contributed by atoms with Gasteiger partial charge in [0.25, 0.3) is 11.1 Å². The van der Waals surface area contributed by atoms with E-state index >= 15 is 0 Å². The fraction of sp³-hybridized carbons (Fsp3) is 0.130. The average Bonchev–Trinajstić information content (AvgIpc) is 3.13. The highest BCUT2D eigenvalue weighted by atomic mass is 127. The number of para-hydroxylation sites is 1. The minimum absolute atomic E-state index is 0.269. The summed E-state index contributed by atoms with van der Waals surface area (Å²) in [5, 5.41) is -0.269. The van der Waals surface area contributed by atoms with Crippen LogP contribution in [0.4, 0.5) is 10.5 Å². The van der Waals surface area contributed by atoms with E-state index in [1.165, 1.54) is 14.0 Å². The van der Waals surface area contributed by atoms with E-state index in [0.717, 1.165) is 34.4 Å². The maximum Gasteiger partial charge on any atom is 0.298 e. The molecule has 6 heteroatoms. The number of anilines is 1. The van der Waals surface area contributed by atoms with Gasteiger partial charge in [0, 0.05) is 20.6 Å². The van der Waals surface area contributed by atoms with Gasteiger partial charge in [0.2, 0.25) is 0 Å². The quantitative estimate of drug-likeness (QED) is 0.307. The molecule has 0 atom stereocenters. The molecule has 1 fully saturated rings. The molecule has 4 nitrogen and oxygen atoms in total. The van der Waals surface area contributed by atoms with Crippen molar-refractivity contribution in [1.29, 1.82) is 0 Å². The number of aromatic nitrogens is 1. The van der Waals surface area contributed by atoms with Gasteiger partial charge in [-0.15, -0.1) is 0 Å². The van der Waals surface area contributed by atoms with Gasteiger partial charge in [-0.1, -0.05) is 24.3 Å². The number of carbonyl (C=O) groups excluding carboxylic acids is 2. The number of benzene rings is 2. The largest absolute Gasteiger partial charge is 0.318 e. The minimum atomic E-state index is -0.276. The van der Waals surface area contributed by atoms with Gasteiger partial charge in [-0.2, -0.15) is 0 Å². The molecule has 0 N–H and O–H groups in total. The molecule has 1 saturated heterocycles. The molecule has 1 aromatic heterocycles. The number of halogens is 1. The Kier molecular flexibility index (Phi) is 5.40. The fourth-order valence-corrected chi connectivity index (χ4v) is 4.87. The number of amides is 2. The predicted octanol–water partition coefficient (Wildman–Crippen LogP) is 6.25. The van der Waals surface area contributed by atoms with E-state index in [0.29, 0.717) is 10.6 Å². The van der Waals surface area contributed by atoms with Crippen molar-refractivity contribution in [3.63, 3.8) is 0 Å². The van der Waals surface area contributed by atoms with Crippen molar-refractivity contribution in [3.8, 4) is 5.69 Å². The van der Waals surface area contributed by atoms with E-state index in [1.807, 2.05) is 37.3 Å². The SMILES string of the molecule is Cc1c(I)cccc1-n1c(C)cc(C=C2SC(=O)N(c3ccccc3)C2=O)c1C. The lowest BCUT2D eigenvalue weighted by Gasteiger charge is -2.14. The Hall–Kier alpha value is -2.32. The lowest BCUT2D eigenvalue weighted by atomic mass is 10.2.